The predicted octanol–water partition coefficient (Wildman–Crippen LogP) is 4.74. The number of hydrogen-bond acceptors (Lipinski definition) is 2. The first-order chi connectivity index (χ1) is 9.90. The number of ether oxygens (including phenoxy) is 1. The van der Waals surface area contributed by atoms with E-state index in [2.05, 4.69) is 60.7 Å². The van der Waals surface area contributed by atoms with Crippen molar-refractivity contribution < 1.29 is 4.74 Å². The third kappa shape index (κ3) is 3.67. The molecule has 1 aliphatic heterocycles. The molecule has 2 heteroatoms. The summed E-state index contributed by atoms with van der Waals surface area (Å²) in [6, 6.07) is 18.7. The van der Waals surface area contributed by atoms with E-state index in [1.807, 2.05) is 17.8 Å². The lowest BCUT2D eigenvalue weighted by Gasteiger charge is -2.12. The molecule has 1 aliphatic rings. The Labute approximate surface area is 124 Å². The highest BCUT2D eigenvalue weighted by atomic mass is 32.2. The van der Waals surface area contributed by atoms with Crippen LogP contribution in [0.3, 0.4) is 0 Å². The van der Waals surface area contributed by atoms with E-state index in [0.717, 1.165) is 11.5 Å². The molecule has 0 N–H and O–H groups in total. The summed E-state index contributed by atoms with van der Waals surface area (Å²) in [7, 11) is 0. The van der Waals surface area contributed by atoms with E-state index in [1.54, 1.807) is 0 Å². The standard InChI is InChI=1S/C18H18OS/c1-2-4-15(5-3-1)6-7-16-8-10-17(11-9-16)19-18-12-13-20-14-18/h1-11,18H,12-14H2/b7-6+. The van der Waals surface area contributed by atoms with E-state index in [0.29, 0.717) is 6.10 Å². The van der Waals surface area contributed by atoms with Gasteiger partial charge in [-0.3, -0.25) is 0 Å². The quantitative estimate of drug-likeness (QED) is 0.749. The summed E-state index contributed by atoms with van der Waals surface area (Å²) in [5.41, 5.74) is 2.41. The predicted molar refractivity (Wildman–Crippen MR) is 88.2 cm³/mol. The Hall–Kier alpha value is -1.67. The Morgan fingerprint density at radius 1 is 0.900 bits per heavy atom. The number of rotatable bonds is 4. The summed E-state index contributed by atoms with van der Waals surface area (Å²) in [6.45, 7) is 0. The second-order valence-corrected chi connectivity index (χ2v) is 6.07. The highest BCUT2D eigenvalue weighted by molar-refractivity contribution is 7.99. The van der Waals surface area contributed by atoms with E-state index >= 15 is 0 Å². The minimum absolute atomic E-state index is 0.394. The van der Waals surface area contributed by atoms with Crippen LogP contribution < -0.4 is 4.74 Å². The van der Waals surface area contributed by atoms with Gasteiger partial charge in [0, 0.05) is 5.75 Å². The van der Waals surface area contributed by atoms with Crippen molar-refractivity contribution >= 4 is 23.9 Å². The summed E-state index contributed by atoms with van der Waals surface area (Å²) in [5, 5.41) is 0. The lowest BCUT2D eigenvalue weighted by molar-refractivity contribution is 0.229. The molecule has 0 aliphatic carbocycles. The van der Waals surface area contributed by atoms with E-state index in [4.69, 9.17) is 4.74 Å². The fourth-order valence-corrected chi connectivity index (χ4v) is 3.31. The fourth-order valence-electron chi connectivity index (χ4n) is 2.21. The van der Waals surface area contributed by atoms with Crippen LogP contribution in [0.4, 0.5) is 0 Å². The Balaban J connectivity index is 1.62. The zero-order chi connectivity index (χ0) is 13.6. The van der Waals surface area contributed by atoms with E-state index < -0.39 is 0 Å². The van der Waals surface area contributed by atoms with Crippen LogP contribution in [0, 0.1) is 0 Å². The molecule has 2 aromatic carbocycles. The Bertz CT molecular complexity index is 554. The van der Waals surface area contributed by atoms with Crippen molar-refractivity contribution in [2.75, 3.05) is 11.5 Å². The van der Waals surface area contributed by atoms with Crippen LogP contribution in [0.5, 0.6) is 5.75 Å². The van der Waals surface area contributed by atoms with E-state index in [-0.39, 0.29) is 0 Å². The molecule has 1 nitrogen and oxygen atoms in total. The van der Waals surface area contributed by atoms with Gasteiger partial charge in [-0.25, -0.2) is 0 Å². The van der Waals surface area contributed by atoms with Gasteiger partial charge in [0.2, 0.25) is 0 Å². The lowest BCUT2D eigenvalue weighted by Crippen LogP contribution is -2.14. The average Bonchev–Trinajstić information content (AvgIpc) is 3.01. The Morgan fingerprint density at radius 2 is 1.60 bits per heavy atom. The van der Waals surface area contributed by atoms with Gasteiger partial charge in [-0.1, -0.05) is 54.6 Å². The minimum atomic E-state index is 0.394. The first kappa shape index (κ1) is 13.3. The van der Waals surface area contributed by atoms with Gasteiger partial charge in [-0.15, -0.1) is 0 Å². The van der Waals surface area contributed by atoms with Crippen LogP contribution in [0.2, 0.25) is 0 Å². The summed E-state index contributed by atoms with van der Waals surface area (Å²) in [4.78, 5) is 0. The number of hydrogen-bond donors (Lipinski definition) is 0. The van der Waals surface area contributed by atoms with Crippen LogP contribution in [-0.2, 0) is 0 Å². The average molecular weight is 282 g/mol. The van der Waals surface area contributed by atoms with Gasteiger partial charge in [0.25, 0.3) is 0 Å². The van der Waals surface area contributed by atoms with Gasteiger partial charge in [-0.05, 0) is 35.4 Å². The van der Waals surface area contributed by atoms with Gasteiger partial charge in [0.15, 0.2) is 0 Å². The van der Waals surface area contributed by atoms with Crippen LogP contribution in [0.1, 0.15) is 17.5 Å². The maximum absolute atomic E-state index is 5.95. The SMILES string of the molecule is C(=C\c1ccc(OC2CCSC2)cc1)/c1ccccc1. The molecule has 0 aromatic heterocycles. The molecule has 0 saturated carbocycles. The van der Waals surface area contributed by atoms with Crippen molar-refractivity contribution in [1.82, 2.24) is 0 Å². The van der Waals surface area contributed by atoms with Crippen molar-refractivity contribution in [3.8, 4) is 5.75 Å². The summed E-state index contributed by atoms with van der Waals surface area (Å²) in [5.74, 6) is 3.33. The van der Waals surface area contributed by atoms with Gasteiger partial charge < -0.3 is 4.74 Å². The zero-order valence-corrected chi connectivity index (χ0v) is 12.2. The van der Waals surface area contributed by atoms with Crippen LogP contribution in [0.15, 0.2) is 54.6 Å². The van der Waals surface area contributed by atoms with Gasteiger partial charge in [0.1, 0.15) is 11.9 Å². The molecule has 1 unspecified atom stereocenters. The maximum atomic E-state index is 5.95. The molecule has 102 valence electrons. The first-order valence-corrected chi connectivity index (χ1v) is 8.13. The molecule has 20 heavy (non-hydrogen) atoms. The molecule has 3 rings (SSSR count). The summed E-state index contributed by atoms with van der Waals surface area (Å²) < 4.78 is 5.95. The molecule has 0 bridgehead atoms. The van der Waals surface area contributed by atoms with Gasteiger partial charge in [0.05, 0.1) is 0 Å². The molecule has 0 spiro atoms. The van der Waals surface area contributed by atoms with Crippen LogP contribution in [-0.4, -0.2) is 17.6 Å². The molecular formula is C18H18OS. The highest BCUT2D eigenvalue weighted by Crippen LogP contribution is 2.23. The topological polar surface area (TPSA) is 9.23 Å². The van der Waals surface area contributed by atoms with E-state index in [9.17, 15) is 0 Å². The van der Waals surface area contributed by atoms with Crippen LogP contribution in [0.25, 0.3) is 12.2 Å². The second-order valence-electron chi connectivity index (χ2n) is 4.92. The van der Waals surface area contributed by atoms with Crippen molar-refractivity contribution in [2.45, 2.75) is 12.5 Å². The van der Waals surface area contributed by atoms with Crippen molar-refractivity contribution in [1.29, 1.82) is 0 Å². The molecule has 1 saturated heterocycles. The zero-order valence-electron chi connectivity index (χ0n) is 11.4. The molecule has 1 fully saturated rings. The third-order valence-corrected chi connectivity index (χ3v) is 4.47. The normalized spacial score (nSPS) is 18.5. The van der Waals surface area contributed by atoms with Crippen LogP contribution >= 0.6 is 11.8 Å². The molecule has 1 heterocycles. The van der Waals surface area contributed by atoms with Crippen molar-refractivity contribution in [3.05, 3.63) is 65.7 Å². The molecule has 1 atom stereocenters. The molecule has 0 radical (unpaired) electrons. The molecule has 0 amide bonds. The van der Waals surface area contributed by atoms with Gasteiger partial charge >= 0.3 is 0 Å². The van der Waals surface area contributed by atoms with E-state index in [1.165, 1.54) is 23.3 Å². The van der Waals surface area contributed by atoms with Gasteiger partial charge in [-0.2, -0.15) is 11.8 Å². The van der Waals surface area contributed by atoms with Crippen molar-refractivity contribution in [3.63, 3.8) is 0 Å². The Kier molecular flexibility index (Phi) is 4.44. The first-order valence-electron chi connectivity index (χ1n) is 6.98. The van der Waals surface area contributed by atoms with Crippen molar-refractivity contribution in [2.24, 2.45) is 0 Å². The minimum Gasteiger partial charge on any atom is -0.490 e. The molecule has 2 aromatic rings. The monoisotopic (exact) mass is 282 g/mol. The fraction of sp³-hybridized carbons (Fsp3) is 0.222. The second kappa shape index (κ2) is 6.67. The lowest BCUT2D eigenvalue weighted by atomic mass is 10.1. The number of thioether (sulfide) groups is 1. The largest absolute Gasteiger partial charge is 0.490 e. The maximum Gasteiger partial charge on any atom is 0.119 e. The Morgan fingerprint density at radius 3 is 2.25 bits per heavy atom. The smallest absolute Gasteiger partial charge is 0.119 e. The third-order valence-electron chi connectivity index (χ3n) is 3.34. The highest BCUT2D eigenvalue weighted by Gasteiger charge is 2.16. The molecular weight excluding hydrogens is 264 g/mol. The summed E-state index contributed by atoms with van der Waals surface area (Å²) in [6.07, 6.45) is 5.82. The number of benzene rings is 2. The summed E-state index contributed by atoms with van der Waals surface area (Å²) >= 11 is 1.97.